The lowest BCUT2D eigenvalue weighted by Gasteiger charge is -1.96. The zero-order valence-corrected chi connectivity index (χ0v) is 5.85. The third-order valence-electron chi connectivity index (χ3n) is 1.10. The molecule has 10 heavy (non-hydrogen) atoms. The van der Waals surface area contributed by atoms with E-state index in [9.17, 15) is 4.79 Å². The van der Waals surface area contributed by atoms with E-state index in [0.29, 0.717) is 11.3 Å². The van der Waals surface area contributed by atoms with Crippen molar-refractivity contribution in [3.63, 3.8) is 0 Å². The molecule has 0 aliphatic heterocycles. The van der Waals surface area contributed by atoms with E-state index in [0.717, 1.165) is 0 Å². The summed E-state index contributed by atoms with van der Waals surface area (Å²) in [5.41, 5.74) is 5.82. The van der Waals surface area contributed by atoms with E-state index in [2.05, 4.69) is 0 Å². The van der Waals surface area contributed by atoms with E-state index in [-0.39, 0.29) is 17.3 Å². The first-order valence-corrected chi connectivity index (χ1v) is 3.03. The van der Waals surface area contributed by atoms with E-state index in [1.807, 2.05) is 0 Å². The number of carbonyl (C=O) groups is 1. The number of aldehydes is 1. The summed E-state index contributed by atoms with van der Waals surface area (Å²) in [5.74, 6) is 0. The molecule has 0 saturated heterocycles. The highest BCUT2D eigenvalue weighted by Crippen LogP contribution is 2.15. The van der Waals surface area contributed by atoms with E-state index >= 15 is 0 Å². The standard InChI is InChI=1S/C7H6ClNO/c8-6-1-2-7(9)5(3-6)4-10/h1-4H,9H2/i2D. The molecule has 0 atom stereocenters. The van der Waals surface area contributed by atoms with Crippen molar-refractivity contribution in [1.29, 1.82) is 0 Å². The first-order valence-electron chi connectivity index (χ1n) is 3.16. The molecule has 0 bridgehead atoms. The number of benzene rings is 1. The lowest BCUT2D eigenvalue weighted by atomic mass is 10.2. The fraction of sp³-hybridized carbons (Fsp3) is 0. The van der Waals surface area contributed by atoms with Crippen molar-refractivity contribution in [2.24, 2.45) is 0 Å². The molecule has 1 aromatic rings. The second kappa shape index (κ2) is 2.71. The summed E-state index contributed by atoms with van der Waals surface area (Å²) in [6.07, 6.45) is 0.583. The summed E-state index contributed by atoms with van der Waals surface area (Å²) >= 11 is 5.57. The molecule has 1 aromatic carbocycles. The van der Waals surface area contributed by atoms with Gasteiger partial charge >= 0.3 is 0 Å². The molecule has 1 rings (SSSR count). The minimum absolute atomic E-state index is 0.0830. The summed E-state index contributed by atoms with van der Waals surface area (Å²) in [6, 6.07) is 2.91. The van der Waals surface area contributed by atoms with Gasteiger partial charge in [-0.2, -0.15) is 0 Å². The smallest absolute Gasteiger partial charge is 0.152 e. The quantitative estimate of drug-likeness (QED) is 0.497. The molecule has 2 nitrogen and oxygen atoms in total. The Labute approximate surface area is 65.0 Å². The van der Waals surface area contributed by atoms with Gasteiger partial charge in [0.15, 0.2) is 6.29 Å². The molecule has 0 radical (unpaired) electrons. The van der Waals surface area contributed by atoms with Crippen LogP contribution in [0.25, 0.3) is 0 Å². The van der Waals surface area contributed by atoms with Crippen LogP contribution in [-0.4, -0.2) is 6.29 Å². The molecule has 52 valence electrons. The number of carbonyl (C=O) groups excluding carboxylic acids is 1. The highest BCUT2D eigenvalue weighted by molar-refractivity contribution is 6.31. The summed E-state index contributed by atoms with van der Waals surface area (Å²) < 4.78 is 7.24. The van der Waals surface area contributed by atoms with Crippen molar-refractivity contribution < 1.29 is 6.17 Å². The highest BCUT2D eigenvalue weighted by atomic mass is 35.5. The van der Waals surface area contributed by atoms with Crippen molar-refractivity contribution in [2.75, 3.05) is 5.73 Å². The van der Waals surface area contributed by atoms with Gasteiger partial charge in [-0.1, -0.05) is 11.6 Å². The molecule has 0 heterocycles. The fourth-order valence-electron chi connectivity index (χ4n) is 0.596. The van der Waals surface area contributed by atoms with Crippen LogP contribution < -0.4 is 5.73 Å². The zero-order valence-electron chi connectivity index (χ0n) is 6.10. The van der Waals surface area contributed by atoms with Gasteiger partial charge < -0.3 is 5.73 Å². The monoisotopic (exact) mass is 156 g/mol. The maximum absolute atomic E-state index is 10.3. The topological polar surface area (TPSA) is 43.1 Å². The summed E-state index contributed by atoms with van der Waals surface area (Å²) in [4.78, 5) is 10.3. The third-order valence-corrected chi connectivity index (χ3v) is 1.32. The van der Waals surface area contributed by atoms with Crippen molar-refractivity contribution in [3.05, 3.63) is 28.8 Å². The average Bonchev–Trinajstić information content (AvgIpc) is 1.96. The van der Waals surface area contributed by atoms with Crippen molar-refractivity contribution in [2.45, 2.75) is 0 Å². The van der Waals surface area contributed by atoms with Crippen molar-refractivity contribution >= 4 is 23.6 Å². The van der Waals surface area contributed by atoms with Gasteiger partial charge in [0.2, 0.25) is 0 Å². The molecule has 0 aromatic heterocycles. The number of hydrogen-bond donors (Lipinski definition) is 1. The van der Waals surface area contributed by atoms with E-state index in [4.69, 9.17) is 18.7 Å². The van der Waals surface area contributed by atoms with Gasteiger partial charge in [0.1, 0.15) is 0 Å². The third kappa shape index (κ3) is 1.28. The second-order valence-electron chi connectivity index (χ2n) is 1.80. The van der Waals surface area contributed by atoms with Gasteiger partial charge in [0.05, 0.1) is 1.37 Å². The Kier molecular flexibility index (Phi) is 1.56. The molecule has 0 fully saturated rings. The predicted molar refractivity (Wildman–Crippen MR) is 41.3 cm³/mol. The fourth-order valence-corrected chi connectivity index (χ4v) is 0.768. The molecular weight excluding hydrogens is 150 g/mol. The first-order chi connectivity index (χ1) is 5.15. The maximum atomic E-state index is 10.3. The van der Waals surface area contributed by atoms with Crippen LogP contribution in [0.2, 0.25) is 5.02 Å². The number of nitrogen functional groups attached to an aromatic ring is 1. The van der Waals surface area contributed by atoms with Crippen molar-refractivity contribution in [3.8, 4) is 0 Å². The molecule has 3 heteroatoms. The van der Waals surface area contributed by atoms with Crippen molar-refractivity contribution in [1.82, 2.24) is 0 Å². The van der Waals surface area contributed by atoms with Gasteiger partial charge in [-0.05, 0) is 18.2 Å². The lowest BCUT2D eigenvalue weighted by molar-refractivity contribution is 0.112. The molecular formula is C7H6ClNO. The molecule has 0 aliphatic rings. The Morgan fingerprint density at radius 2 is 2.50 bits per heavy atom. The number of nitrogens with two attached hydrogens (primary N) is 1. The Morgan fingerprint density at radius 1 is 1.80 bits per heavy atom. The van der Waals surface area contributed by atoms with Crippen LogP contribution in [-0.2, 0) is 0 Å². The normalized spacial score (nSPS) is 10.7. The SMILES string of the molecule is [2H]c1cc(Cl)cc(C=O)c1N. The number of hydrogen-bond acceptors (Lipinski definition) is 2. The number of anilines is 1. The van der Waals surface area contributed by atoms with E-state index in [1.54, 1.807) is 0 Å². The predicted octanol–water partition coefficient (Wildman–Crippen LogP) is 1.73. The van der Waals surface area contributed by atoms with Gasteiger partial charge in [-0.25, -0.2) is 0 Å². The van der Waals surface area contributed by atoms with Gasteiger partial charge in [0.25, 0.3) is 0 Å². The minimum Gasteiger partial charge on any atom is -0.398 e. The van der Waals surface area contributed by atoms with Crippen LogP contribution >= 0.6 is 11.6 Å². The van der Waals surface area contributed by atoms with Crippen LogP contribution in [0, 0.1) is 0 Å². The largest absolute Gasteiger partial charge is 0.398 e. The Morgan fingerprint density at radius 3 is 3.10 bits per heavy atom. The Hall–Kier alpha value is -1.02. The van der Waals surface area contributed by atoms with Gasteiger partial charge in [-0.3, -0.25) is 4.79 Å². The number of rotatable bonds is 1. The second-order valence-corrected chi connectivity index (χ2v) is 2.24. The van der Waals surface area contributed by atoms with Crippen LogP contribution in [0.1, 0.15) is 11.7 Å². The van der Waals surface area contributed by atoms with E-state index < -0.39 is 0 Å². The lowest BCUT2D eigenvalue weighted by Crippen LogP contribution is -1.91. The van der Waals surface area contributed by atoms with Crippen LogP contribution in [0.3, 0.4) is 0 Å². The molecule has 0 amide bonds. The van der Waals surface area contributed by atoms with Gasteiger partial charge in [-0.15, -0.1) is 0 Å². The highest BCUT2D eigenvalue weighted by Gasteiger charge is 1.96. The molecule has 0 aliphatic carbocycles. The summed E-state index contributed by atoms with van der Waals surface area (Å²) in [5, 5.41) is 0.353. The van der Waals surface area contributed by atoms with E-state index in [1.165, 1.54) is 12.1 Å². The summed E-state index contributed by atoms with van der Waals surface area (Å²) in [7, 11) is 0. The first kappa shape index (κ1) is 5.74. The molecule has 0 saturated carbocycles. The zero-order chi connectivity index (χ0) is 8.43. The maximum Gasteiger partial charge on any atom is 0.152 e. The average molecular weight is 157 g/mol. The molecule has 0 spiro atoms. The minimum atomic E-state index is 0.0830. The van der Waals surface area contributed by atoms with Gasteiger partial charge in [0, 0.05) is 16.3 Å². The Balaban J connectivity index is 3.35. The summed E-state index contributed by atoms with van der Waals surface area (Å²) in [6.45, 7) is 0. The van der Waals surface area contributed by atoms with Crippen LogP contribution in [0.4, 0.5) is 5.69 Å². The molecule has 0 unspecified atom stereocenters. The molecule has 2 N–H and O–H groups in total. The Bertz CT molecular complexity index is 301. The number of halogens is 1. The van der Waals surface area contributed by atoms with Crippen LogP contribution in [0.5, 0.6) is 0 Å². The van der Waals surface area contributed by atoms with Crippen LogP contribution in [0.15, 0.2) is 18.2 Å².